The van der Waals surface area contributed by atoms with Gasteiger partial charge in [0.15, 0.2) is 0 Å². The molecule has 1 saturated carbocycles. The maximum Gasteiger partial charge on any atom is 0.416 e. The highest BCUT2D eigenvalue weighted by molar-refractivity contribution is 5.64. The minimum Gasteiger partial charge on any atom is -0.166 e. The molecule has 0 spiro atoms. The zero-order chi connectivity index (χ0) is 14.9. The Balaban J connectivity index is 1.70. The summed E-state index contributed by atoms with van der Waals surface area (Å²) in [5.41, 5.74) is 2.47. The van der Waals surface area contributed by atoms with Gasteiger partial charge in [-0.2, -0.15) is 13.2 Å². The van der Waals surface area contributed by atoms with Crippen molar-refractivity contribution in [1.82, 2.24) is 0 Å². The van der Waals surface area contributed by atoms with Gasteiger partial charge < -0.3 is 0 Å². The Hall–Kier alpha value is -1.77. The molecule has 3 heteroatoms. The van der Waals surface area contributed by atoms with E-state index in [-0.39, 0.29) is 0 Å². The van der Waals surface area contributed by atoms with Crippen LogP contribution in [-0.4, -0.2) is 0 Å². The quantitative estimate of drug-likeness (QED) is 0.676. The fraction of sp³-hybridized carbons (Fsp3) is 0.333. The summed E-state index contributed by atoms with van der Waals surface area (Å²) in [6.45, 7) is 0. The summed E-state index contributed by atoms with van der Waals surface area (Å²) in [5.74, 6) is 0.916. The van der Waals surface area contributed by atoms with E-state index >= 15 is 0 Å². The molecule has 0 unspecified atom stereocenters. The van der Waals surface area contributed by atoms with Crippen LogP contribution in [0.5, 0.6) is 0 Å². The van der Waals surface area contributed by atoms with E-state index in [1.54, 1.807) is 0 Å². The van der Waals surface area contributed by atoms with Crippen molar-refractivity contribution in [2.45, 2.75) is 31.9 Å². The van der Waals surface area contributed by atoms with Crippen molar-refractivity contribution in [3.63, 3.8) is 0 Å². The largest absolute Gasteiger partial charge is 0.416 e. The first kappa shape index (κ1) is 14.2. The number of hydrogen-bond donors (Lipinski definition) is 0. The first-order valence-corrected chi connectivity index (χ1v) is 7.29. The molecule has 0 N–H and O–H groups in total. The molecule has 110 valence electrons. The zero-order valence-electron chi connectivity index (χ0n) is 11.7. The first-order chi connectivity index (χ1) is 10.0. The highest BCUT2D eigenvalue weighted by atomic mass is 19.4. The molecule has 0 radical (unpaired) electrons. The van der Waals surface area contributed by atoms with E-state index in [0.29, 0.717) is 0 Å². The molecule has 0 heterocycles. The van der Waals surface area contributed by atoms with Crippen LogP contribution in [0.3, 0.4) is 0 Å². The fourth-order valence-electron chi connectivity index (χ4n) is 2.49. The number of hydrogen-bond acceptors (Lipinski definition) is 0. The summed E-state index contributed by atoms with van der Waals surface area (Å²) in [7, 11) is 0. The SMILES string of the molecule is FC(F)(F)c1ccc(-c2ccc(CCC3CC3)cc2)cc1. The molecule has 1 fully saturated rings. The van der Waals surface area contributed by atoms with E-state index in [0.717, 1.165) is 35.6 Å². The van der Waals surface area contributed by atoms with Crippen LogP contribution < -0.4 is 0 Å². The van der Waals surface area contributed by atoms with Gasteiger partial charge in [0.25, 0.3) is 0 Å². The summed E-state index contributed by atoms with van der Waals surface area (Å²) in [5, 5.41) is 0. The Kier molecular flexibility index (Phi) is 3.75. The average molecular weight is 290 g/mol. The van der Waals surface area contributed by atoms with Gasteiger partial charge in [-0.1, -0.05) is 49.2 Å². The predicted octanol–water partition coefficient (Wildman–Crippen LogP) is 5.72. The molecule has 1 aliphatic rings. The maximum absolute atomic E-state index is 12.5. The topological polar surface area (TPSA) is 0 Å². The van der Waals surface area contributed by atoms with Gasteiger partial charge in [0.05, 0.1) is 5.56 Å². The molecule has 0 saturated heterocycles. The number of rotatable bonds is 4. The lowest BCUT2D eigenvalue weighted by molar-refractivity contribution is -0.137. The minimum absolute atomic E-state index is 0.604. The molecule has 2 aromatic carbocycles. The number of alkyl halides is 3. The molecule has 0 amide bonds. The zero-order valence-corrected chi connectivity index (χ0v) is 11.7. The van der Waals surface area contributed by atoms with Crippen LogP contribution in [-0.2, 0) is 12.6 Å². The van der Waals surface area contributed by atoms with Crippen LogP contribution in [0.25, 0.3) is 11.1 Å². The Morgan fingerprint density at radius 3 is 1.81 bits per heavy atom. The first-order valence-electron chi connectivity index (χ1n) is 7.29. The van der Waals surface area contributed by atoms with Gasteiger partial charge in [-0.3, -0.25) is 0 Å². The average Bonchev–Trinajstić information content (AvgIpc) is 3.29. The van der Waals surface area contributed by atoms with Gasteiger partial charge >= 0.3 is 6.18 Å². The predicted molar refractivity (Wildman–Crippen MR) is 77.9 cm³/mol. The third-order valence-electron chi connectivity index (χ3n) is 4.04. The van der Waals surface area contributed by atoms with E-state index in [1.165, 1.54) is 37.0 Å². The van der Waals surface area contributed by atoms with E-state index < -0.39 is 11.7 Å². The summed E-state index contributed by atoms with van der Waals surface area (Å²) in [6, 6.07) is 13.5. The maximum atomic E-state index is 12.5. The lowest BCUT2D eigenvalue weighted by atomic mass is 10.0. The number of benzene rings is 2. The van der Waals surface area contributed by atoms with Crippen molar-refractivity contribution < 1.29 is 13.2 Å². The smallest absolute Gasteiger partial charge is 0.166 e. The third-order valence-corrected chi connectivity index (χ3v) is 4.04. The Labute approximate surface area is 122 Å². The van der Waals surface area contributed by atoms with Crippen molar-refractivity contribution in [2.75, 3.05) is 0 Å². The van der Waals surface area contributed by atoms with Crippen LogP contribution in [0.1, 0.15) is 30.4 Å². The van der Waals surface area contributed by atoms with Crippen LogP contribution >= 0.6 is 0 Å². The molecule has 0 aliphatic heterocycles. The van der Waals surface area contributed by atoms with E-state index in [2.05, 4.69) is 12.1 Å². The lowest BCUT2D eigenvalue weighted by Gasteiger charge is -2.08. The molecule has 0 aromatic heterocycles. The Bertz CT molecular complexity index is 590. The summed E-state index contributed by atoms with van der Waals surface area (Å²) < 4.78 is 37.6. The van der Waals surface area contributed by atoms with Crippen LogP contribution in [0, 0.1) is 5.92 Å². The second-order valence-corrected chi connectivity index (χ2v) is 5.75. The standard InChI is InChI=1S/C18H17F3/c19-18(20,21)17-11-9-16(10-12-17)15-7-5-14(6-8-15)4-3-13-1-2-13/h5-13H,1-4H2. The molecule has 21 heavy (non-hydrogen) atoms. The van der Waals surface area contributed by atoms with E-state index in [1.807, 2.05) is 12.1 Å². The second-order valence-electron chi connectivity index (χ2n) is 5.75. The van der Waals surface area contributed by atoms with Crippen LogP contribution in [0.4, 0.5) is 13.2 Å². The minimum atomic E-state index is -4.27. The second kappa shape index (κ2) is 5.55. The van der Waals surface area contributed by atoms with Gasteiger partial charge in [-0.15, -0.1) is 0 Å². The number of aryl methyl sites for hydroxylation is 1. The van der Waals surface area contributed by atoms with E-state index in [9.17, 15) is 13.2 Å². The third kappa shape index (κ3) is 3.66. The van der Waals surface area contributed by atoms with E-state index in [4.69, 9.17) is 0 Å². The summed E-state index contributed by atoms with van der Waals surface area (Å²) >= 11 is 0. The van der Waals surface area contributed by atoms with Crippen molar-refractivity contribution >= 4 is 0 Å². The highest BCUT2D eigenvalue weighted by Gasteiger charge is 2.29. The molecule has 0 bridgehead atoms. The van der Waals surface area contributed by atoms with Crippen molar-refractivity contribution in [2.24, 2.45) is 5.92 Å². The van der Waals surface area contributed by atoms with Gasteiger partial charge in [0.1, 0.15) is 0 Å². The summed E-state index contributed by atoms with van der Waals surface area (Å²) in [4.78, 5) is 0. The summed E-state index contributed by atoms with van der Waals surface area (Å²) in [6.07, 6.45) is 0.802. The molecule has 1 aliphatic carbocycles. The van der Waals surface area contributed by atoms with Gasteiger partial charge in [-0.25, -0.2) is 0 Å². The molecule has 3 rings (SSSR count). The van der Waals surface area contributed by atoms with Crippen molar-refractivity contribution in [3.8, 4) is 11.1 Å². The molecule has 0 atom stereocenters. The Morgan fingerprint density at radius 1 is 0.810 bits per heavy atom. The van der Waals surface area contributed by atoms with Crippen molar-refractivity contribution in [1.29, 1.82) is 0 Å². The monoisotopic (exact) mass is 290 g/mol. The van der Waals surface area contributed by atoms with Crippen LogP contribution in [0.15, 0.2) is 48.5 Å². The number of halogens is 3. The fourth-order valence-corrected chi connectivity index (χ4v) is 2.49. The molecular weight excluding hydrogens is 273 g/mol. The Morgan fingerprint density at radius 2 is 1.33 bits per heavy atom. The molecule has 2 aromatic rings. The van der Waals surface area contributed by atoms with Gasteiger partial charge in [-0.05, 0) is 47.6 Å². The van der Waals surface area contributed by atoms with Gasteiger partial charge in [0, 0.05) is 0 Å². The van der Waals surface area contributed by atoms with Crippen molar-refractivity contribution in [3.05, 3.63) is 59.7 Å². The normalized spacial score (nSPS) is 15.2. The van der Waals surface area contributed by atoms with Gasteiger partial charge in [0.2, 0.25) is 0 Å². The highest BCUT2D eigenvalue weighted by Crippen LogP contribution is 2.34. The lowest BCUT2D eigenvalue weighted by Crippen LogP contribution is -2.03. The molecular formula is C18H17F3. The molecule has 0 nitrogen and oxygen atoms in total. The van der Waals surface area contributed by atoms with Crippen LogP contribution in [0.2, 0.25) is 0 Å².